The Morgan fingerprint density at radius 3 is 2.68 bits per heavy atom. The molecule has 1 atom stereocenters. The average Bonchev–Trinajstić information content (AvgIpc) is 3.16. The van der Waals surface area contributed by atoms with E-state index < -0.39 is 0 Å². The van der Waals surface area contributed by atoms with Crippen LogP contribution in [0.15, 0.2) is 18.2 Å². The highest BCUT2D eigenvalue weighted by Crippen LogP contribution is 2.28. The van der Waals surface area contributed by atoms with Gasteiger partial charge < -0.3 is 24.6 Å². The van der Waals surface area contributed by atoms with Gasteiger partial charge in [0.1, 0.15) is 11.9 Å². The number of carbonyl (C=O) groups is 1. The fraction of sp³-hybridized carbons (Fsp3) is 0.529. The maximum Gasteiger partial charge on any atom is 0.251 e. The van der Waals surface area contributed by atoms with E-state index in [9.17, 15) is 4.79 Å². The Balaban J connectivity index is 1.55. The minimum Gasteiger partial charge on any atom is -0.495 e. The van der Waals surface area contributed by atoms with Gasteiger partial charge in [-0.1, -0.05) is 11.6 Å². The fourth-order valence-electron chi connectivity index (χ4n) is 3.08. The predicted molar refractivity (Wildman–Crippen MR) is 101 cm³/mol. The Hall–Kier alpha value is -1.57. The van der Waals surface area contributed by atoms with Gasteiger partial charge in [-0.15, -0.1) is 0 Å². The van der Waals surface area contributed by atoms with Crippen molar-refractivity contribution >= 4 is 40.5 Å². The molecule has 8 heteroatoms. The summed E-state index contributed by atoms with van der Waals surface area (Å²) in [5.74, 6) is 0.784. The van der Waals surface area contributed by atoms with E-state index in [1.807, 2.05) is 4.90 Å². The number of anilines is 1. The molecular weight excluding hydrogens is 362 g/mol. The summed E-state index contributed by atoms with van der Waals surface area (Å²) in [6.45, 7) is 3.35. The van der Waals surface area contributed by atoms with Crippen molar-refractivity contribution in [2.75, 3.05) is 45.2 Å². The lowest BCUT2D eigenvalue weighted by molar-refractivity contribution is -0.142. The minimum absolute atomic E-state index is 0.104. The molecule has 2 heterocycles. The standard InChI is InChI=1S/C17H22ClN3O3S/c1-23-14-5-4-12(18)11-13(14)19-17(25)21-8-6-20(7-9-21)16(22)15-3-2-10-24-15/h4-5,11,15H,2-3,6-10H2,1H3,(H,19,25)/t15-/m0/s1. The quantitative estimate of drug-likeness (QED) is 0.809. The number of carbonyl (C=O) groups excluding carboxylic acids is 1. The first-order chi connectivity index (χ1) is 12.1. The molecule has 0 aromatic heterocycles. The number of thiocarbonyl (C=S) groups is 1. The zero-order chi connectivity index (χ0) is 17.8. The van der Waals surface area contributed by atoms with Crippen LogP contribution in [-0.2, 0) is 9.53 Å². The third kappa shape index (κ3) is 4.34. The maximum atomic E-state index is 12.4. The fourth-order valence-corrected chi connectivity index (χ4v) is 3.54. The summed E-state index contributed by atoms with van der Waals surface area (Å²) in [5, 5.41) is 4.40. The van der Waals surface area contributed by atoms with Crippen LogP contribution in [0.25, 0.3) is 0 Å². The number of rotatable bonds is 3. The zero-order valence-corrected chi connectivity index (χ0v) is 15.7. The van der Waals surface area contributed by atoms with Gasteiger partial charge in [0.25, 0.3) is 5.91 Å². The number of halogens is 1. The van der Waals surface area contributed by atoms with Crippen molar-refractivity contribution in [2.45, 2.75) is 18.9 Å². The van der Waals surface area contributed by atoms with Gasteiger partial charge in [0, 0.05) is 37.8 Å². The molecule has 25 heavy (non-hydrogen) atoms. The Bertz CT molecular complexity index is 644. The molecule has 3 rings (SSSR count). The number of hydrogen-bond donors (Lipinski definition) is 1. The van der Waals surface area contributed by atoms with E-state index in [4.69, 9.17) is 33.3 Å². The van der Waals surface area contributed by atoms with E-state index in [2.05, 4.69) is 10.2 Å². The molecule has 2 saturated heterocycles. The summed E-state index contributed by atoms with van der Waals surface area (Å²) in [4.78, 5) is 16.3. The molecule has 0 bridgehead atoms. The second-order valence-corrected chi connectivity index (χ2v) is 6.91. The van der Waals surface area contributed by atoms with Crippen LogP contribution in [0.4, 0.5) is 5.69 Å². The topological polar surface area (TPSA) is 54.0 Å². The van der Waals surface area contributed by atoms with Crippen molar-refractivity contribution in [3.8, 4) is 5.75 Å². The number of ether oxygens (including phenoxy) is 2. The van der Waals surface area contributed by atoms with Gasteiger partial charge in [0.2, 0.25) is 0 Å². The molecule has 2 aliphatic heterocycles. The highest BCUT2D eigenvalue weighted by molar-refractivity contribution is 7.80. The van der Waals surface area contributed by atoms with Gasteiger partial charge in [-0.05, 0) is 43.3 Å². The Kier molecular flexibility index (Phi) is 5.98. The van der Waals surface area contributed by atoms with Crippen LogP contribution in [0, 0.1) is 0 Å². The Morgan fingerprint density at radius 1 is 1.32 bits per heavy atom. The van der Waals surface area contributed by atoms with E-state index in [1.165, 1.54) is 0 Å². The maximum absolute atomic E-state index is 12.4. The van der Waals surface area contributed by atoms with Crippen LogP contribution in [0.5, 0.6) is 5.75 Å². The van der Waals surface area contributed by atoms with Gasteiger partial charge in [0.15, 0.2) is 5.11 Å². The highest BCUT2D eigenvalue weighted by Gasteiger charge is 2.30. The van der Waals surface area contributed by atoms with Gasteiger partial charge in [-0.2, -0.15) is 0 Å². The predicted octanol–water partition coefficient (Wildman–Crippen LogP) is 2.37. The summed E-state index contributed by atoms with van der Waals surface area (Å²) in [5.41, 5.74) is 0.734. The molecule has 0 aliphatic carbocycles. The lowest BCUT2D eigenvalue weighted by Gasteiger charge is -2.37. The number of piperazine rings is 1. The van der Waals surface area contributed by atoms with Crippen molar-refractivity contribution in [1.29, 1.82) is 0 Å². The summed E-state index contributed by atoms with van der Waals surface area (Å²) < 4.78 is 10.8. The molecule has 1 N–H and O–H groups in total. The van der Waals surface area contributed by atoms with Crippen molar-refractivity contribution in [3.05, 3.63) is 23.2 Å². The zero-order valence-electron chi connectivity index (χ0n) is 14.2. The lowest BCUT2D eigenvalue weighted by Crippen LogP contribution is -2.53. The van der Waals surface area contributed by atoms with Crippen LogP contribution >= 0.6 is 23.8 Å². The molecule has 0 spiro atoms. The largest absolute Gasteiger partial charge is 0.495 e. The van der Waals surface area contributed by atoms with Crippen LogP contribution < -0.4 is 10.1 Å². The number of nitrogens with zero attached hydrogens (tertiary/aromatic N) is 2. The molecule has 1 aromatic carbocycles. The minimum atomic E-state index is -0.257. The van der Waals surface area contributed by atoms with Crippen molar-refractivity contribution < 1.29 is 14.3 Å². The molecule has 1 aromatic rings. The Morgan fingerprint density at radius 2 is 2.04 bits per heavy atom. The monoisotopic (exact) mass is 383 g/mol. The van der Waals surface area contributed by atoms with Crippen LogP contribution in [0.2, 0.25) is 5.02 Å². The van der Waals surface area contributed by atoms with E-state index in [0.29, 0.717) is 48.7 Å². The second-order valence-electron chi connectivity index (χ2n) is 6.09. The van der Waals surface area contributed by atoms with Gasteiger partial charge in [-0.3, -0.25) is 4.79 Å². The molecule has 0 saturated carbocycles. The van der Waals surface area contributed by atoms with Gasteiger partial charge in [0.05, 0.1) is 12.8 Å². The van der Waals surface area contributed by atoms with Crippen molar-refractivity contribution in [2.24, 2.45) is 0 Å². The van der Waals surface area contributed by atoms with E-state index in [-0.39, 0.29) is 12.0 Å². The number of methoxy groups -OCH3 is 1. The van der Waals surface area contributed by atoms with E-state index in [0.717, 1.165) is 18.5 Å². The second kappa shape index (κ2) is 8.21. The molecule has 0 radical (unpaired) electrons. The number of benzene rings is 1. The molecule has 2 aliphatic rings. The summed E-state index contributed by atoms with van der Waals surface area (Å²) in [7, 11) is 1.60. The molecule has 6 nitrogen and oxygen atoms in total. The molecule has 0 unspecified atom stereocenters. The number of amides is 1. The average molecular weight is 384 g/mol. The smallest absolute Gasteiger partial charge is 0.251 e. The molecule has 1 amide bonds. The van der Waals surface area contributed by atoms with E-state index >= 15 is 0 Å². The molecular formula is C17H22ClN3O3S. The van der Waals surface area contributed by atoms with Crippen LogP contribution in [-0.4, -0.2) is 66.8 Å². The summed E-state index contributed by atoms with van der Waals surface area (Å²) >= 11 is 11.6. The van der Waals surface area contributed by atoms with E-state index in [1.54, 1.807) is 25.3 Å². The van der Waals surface area contributed by atoms with Gasteiger partial charge >= 0.3 is 0 Å². The lowest BCUT2D eigenvalue weighted by atomic mass is 10.2. The van der Waals surface area contributed by atoms with Crippen LogP contribution in [0.1, 0.15) is 12.8 Å². The normalized spacial score (nSPS) is 20.5. The first kappa shape index (κ1) is 18.2. The van der Waals surface area contributed by atoms with Crippen LogP contribution in [0.3, 0.4) is 0 Å². The van der Waals surface area contributed by atoms with Crippen molar-refractivity contribution in [3.63, 3.8) is 0 Å². The van der Waals surface area contributed by atoms with Crippen molar-refractivity contribution in [1.82, 2.24) is 9.80 Å². The van der Waals surface area contributed by atoms with Gasteiger partial charge in [-0.25, -0.2) is 0 Å². The number of nitrogens with one attached hydrogen (secondary N) is 1. The molecule has 136 valence electrons. The SMILES string of the molecule is COc1ccc(Cl)cc1NC(=S)N1CCN(C(=O)[C@@H]2CCCO2)CC1. The highest BCUT2D eigenvalue weighted by atomic mass is 35.5. The third-order valence-electron chi connectivity index (χ3n) is 4.49. The third-order valence-corrected chi connectivity index (χ3v) is 5.08. The Labute approximate surface area is 158 Å². The molecule has 2 fully saturated rings. The summed E-state index contributed by atoms with van der Waals surface area (Å²) in [6.07, 6.45) is 1.53. The summed E-state index contributed by atoms with van der Waals surface area (Å²) in [6, 6.07) is 5.35. The first-order valence-corrected chi connectivity index (χ1v) is 9.17. The number of hydrogen-bond acceptors (Lipinski definition) is 4. The first-order valence-electron chi connectivity index (χ1n) is 8.38.